The molecule has 0 aliphatic heterocycles. The first-order valence-electron chi connectivity index (χ1n) is 11.2. The Morgan fingerprint density at radius 2 is 1.59 bits per heavy atom. The van der Waals surface area contributed by atoms with Gasteiger partial charge in [-0.1, -0.05) is 50.6 Å². The fourth-order valence-electron chi connectivity index (χ4n) is 3.23. The number of unbranched alkanes of at least 4 members (excludes halogenated alkanes) is 5. The highest BCUT2D eigenvalue weighted by Crippen LogP contribution is 2.18. The summed E-state index contributed by atoms with van der Waals surface area (Å²) in [7, 11) is 8.35. The van der Waals surface area contributed by atoms with Gasteiger partial charge in [0, 0.05) is 52.3 Å². The molecule has 0 spiro atoms. The van der Waals surface area contributed by atoms with Crippen LogP contribution >= 0.6 is 0 Å². The van der Waals surface area contributed by atoms with Gasteiger partial charge in [0.25, 0.3) is 0 Å². The third kappa shape index (κ3) is 11.2. The average molecular weight is 436 g/mol. The first-order valence-corrected chi connectivity index (χ1v) is 14.0. The maximum absolute atomic E-state index is 5.91. The largest absolute Gasteiger partial charge is 0.394 e. The van der Waals surface area contributed by atoms with Crippen LogP contribution < -0.4 is 15.0 Å². The SMILES string of the molecule is CCO[Si](CCCCCCCC[Si]c1ccc(N(C)C)cc1N(C)C)OC(C)C. The molecule has 1 aromatic carbocycles. The number of nitrogens with zero attached hydrogens (tertiary/aromatic N) is 2. The fourth-order valence-corrected chi connectivity index (χ4v) is 6.32. The maximum atomic E-state index is 5.91. The Balaban J connectivity index is 2.20. The molecule has 0 fully saturated rings. The van der Waals surface area contributed by atoms with Gasteiger partial charge in [0.1, 0.15) is 0 Å². The van der Waals surface area contributed by atoms with Crippen molar-refractivity contribution in [1.29, 1.82) is 0 Å². The van der Waals surface area contributed by atoms with Gasteiger partial charge < -0.3 is 18.7 Å². The summed E-state index contributed by atoms with van der Waals surface area (Å²) >= 11 is 0. The van der Waals surface area contributed by atoms with E-state index in [1.54, 1.807) is 0 Å². The molecule has 0 aromatic heterocycles. The Morgan fingerprint density at radius 3 is 2.17 bits per heavy atom. The van der Waals surface area contributed by atoms with E-state index in [4.69, 9.17) is 8.85 Å². The van der Waals surface area contributed by atoms with Crippen LogP contribution in [0.4, 0.5) is 11.4 Å². The molecule has 4 nitrogen and oxygen atoms in total. The van der Waals surface area contributed by atoms with Gasteiger partial charge in [-0.3, -0.25) is 0 Å². The van der Waals surface area contributed by atoms with E-state index in [0.717, 1.165) is 22.2 Å². The third-order valence-corrected chi connectivity index (χ3v) is 8.29. The van der Waals surface area contributed by atoms with Gasteiger partial charge in [-0.15, -0.1) is 0 Å². The van der Waals surface area contributed by atoms with Gasteiger partial charge in [-0.25, -0.2) is 0 Å². The van der Waals surface area contributed by atoms with Crippen molar-refractivity contribution in [1.82, 2.24) is 0 Å². The molecular formula is C23H43N2O2Si2. The predicted octanol–water partition coefficient (Wildman–Crippen LogP) is 4.86. The summed E-state index contributed by atoms with van der Waals surface area (Å²) in [4.78, 5) is 4.42. The van der Waals surface area contributed by atoms with Crippen LogP contribution in [0.25, 0.3) is 0 Å². The standard InChI is InChI=1S/C23H43N2O2Si2/c1-8-26-29(27-20(2)3)18-14-12-10-9-11-13-17-28-23-16-15-21(24(4)5)19-22(23)25(6)7/h15-16,19-20H,8-14,17-18H2,1-7H3. The van der Waals surface area contributed by atoms with Gasteiger partial charge in [0.2, 0.25) is 0 Å². The Labute approximate surface area is 184 Å². The van der Waals surface area contributed by atoms with E-state index in [2.05, 4.69) is 77.0 Å². The molecule has 0 N–H and O–H groups in total. The Morgan fingerprint density at radius 1 is 0.931 bits per heavy atom. The van der Waals surface area contributed by atoms with Crippen LogP contribution in [0.15, 0.2) is 18.2 Å². The van der Waals surface area contributed by atoms with E-state index < -0.39 is 9.28 Å². The zero-order valence-electron chi connectivity index (χ0n) is 19.9. The van der Waals surface area contributed by atoms with Crippen LogP contribution in [0.1, 0.15) is 59.3 Å². The first kappa shape index (κ1) is 26.2. The van der Waals surface area contributed by atoms with Gasteiger partial charge >= 0.3 is 9.28 Å². The second-order valence-electron chi connectivity index (χ2n) is 8.26. The minimum absolute atomic E-state index is 0.281. The van der Waals surface area contributed by atoms with Crippen LogP contribution in [-0.2, 0) is 8.85 Å². The van der Waals surface area contributed by atoms with Crippen LogP contribution in [0.3, 0.4) is 0 Å². The maximum Gasteiger partial charge on any atom is 0.384 e. The summed E-state index contributed by atoms with van der Waals surface area (Å²) in [6.45, 7) is 7.03. The summed E-state index contributed by atoms with van der Waals surface area (Å²) in [5, 5.41) is 1.50. The molecule has 1 rings (SSSR count). The zero-order valence-corrected chi connectivity index (χ0v) is 21.9. The molecule has 0 saturated heterocycles. The van der Waals surface area contributed by atoms with Crippen molar-refractivity contribution in [3.05, 3.63) is 18.2 Å². The number of hydrogen-bond donors (Lipinski definition) is 0. The molecular weight excluding hydrogens is 392 g/mol. The lowest BCUT2D eigenvalue weighted by molar-refractivity contribution is 0.162. The summed E-state index contributed by atoms with van der Waals surface area (Å²) in [6, 6.07) is 9.30. The Bertz CT molecular complexity index is 554. The van der Waals surface area contributed by atoms with Crippen molar-refractivity contribution in [3.8, 4) is 0 Å². The monoisotopic (exact) mass is 435 g/mol. The topological polar surface area (TPSA) is 24.9 Å². The molecule has 29 heavy (non-hydrogen) atoms. The normalized spacial score (nSPS) is 11.5. The molecule has 0 unspecified atom stereocenters. The van der Waals surface area contributed by atoms with Crippen LogP contribution in [-0.4, -0.2) is 59.7 Å². The van der Waals surface area contributed by atoms with E-state index in [0.29, 0.717) is 0 Å². The highest BCUT2D eigenvalue weighted by atomic mass is 28.3. The van der Waals surface area contributed by atoms with Gasteiger partial charge in [-0.05, 0) is 44.1 Å². The molecule has 3 radical (unpaired) electrons. The fraction of sp³-hybridized carbons (Fsp3) is 0.739. The van der Waals surface area contributed by atoms with E-state index in [1.807, 2.05) is 0 Å². The molecule has 1 aromatic rings. The zero-order chi connectivity index (χ0) is 21.6. The molecule has 0 amide bonds. The smallest absolute Gasteiger partial charge is 0.384 e. The number of anilines is 2. The quantitative estimate of drug-likeness (QED) is 0.273. The van der Waals surface area contributed by atoms with Crippen molar-refractivity contribution < 1.29 is 8.85 Å². The van der Waals surface area contributed by atoms with E-state index in [-0.39, 0.29) is 6.10 Å². The second-order valence-corrected chi connectivity index (χ2v) is 11.4. The lowest BCUT2D eigenvalue weighted by atomic mass is 10.1. The molecule has 6 heteroatoms. The van der Waals surface area contributed by atoms with Crippen LogP contribution in [0, 0.1) is 0 Å². The molecule has 165 valence electrons. The predicted molar refractivity (Wildman–Crippen MR) is 131 cm³/mol. The average Bonchev–Trinajstić information content (AvgIpc) is 2.66. The number of hydrogen-bond acceptors (Lipinski definition) is 4. The molecule has 0 aliphatic carbocycles. The second kappa shape index (κ2) is 15.0. The molecule has 0 bridgehead atoms. The summed E-state index contributed by atoms with van der Waals surface area (Å²) < 4.78 is 11.7. The lowest BCUT2D eigenvalue weighted by Gasteiger charge is -2.21. The van der Waals surface area contributed by atoms with Gasteiger partial charge in [0.05, 0.1) is 9.52 Å². The summed E-state index contributed by atoms with van der Waals surface area (Å²) in [6.07, 6.45) is 8.22. The van der Waals surface area contributed by atoms with Crippen molar-refractivity contribution in [2.24, 2.45) is 0 Å². The minimum atomic E-state index is -1.05. The Kier molecular flexibility index (Phi) is 13.6. The van der Waals surface area contributed by atoms with Crippen LogP contribution in [0.2, 0.25) is 12.1 Å². The summed E-state index contributed by atoms with van der Waals surface area (Å²) in [5.74, 6) is 0. The van der Waals surface area contributed by atoms with Crippen molar-refractivity contribution in [2.45, 2.75) is 77.5 Å². The lowest BCUT2D eigenvalue weighted by Crippen LogP contribution is -2.26. The first-order chi connectivity index (χ1) is 13.8. The van der Waals surface area contributed by atoms with Crippen molar-refractivity contribution in [2.75, 3.05) is 44.6 Å². The molecule has 0 aliphatic rings. The Hall–Kier alpha value is -0.826. The number of benzene rings is 1. The van der Waals surface area contributed by atoms with Gasteiger partial charge in [-0.2, -0.15) is 0 Å². The highest BCUT2D eigenvalue weighted by molar-refractivity contribution is 6.55. The summed E-state index contributed by atoms with van der Waals surface area (Å²) in [5.41, 5.74) is 2.64. The van der Waals surface area contributed by atoms with Crippen LogP contribution in [0.5, 0.6) is 0 Å². The number of rotatable bonds is 16. The molecule has 0 heterocycles. The highest BCUT2D eigenvalue weighted by Gasteiger charge is 2.16. The van der Waals surface area contributed by atoms with Crippen molar-refractivity contribution >= 4 is 35.4 Å². The van der Waals surface area contributed by atoms with E-state index in [1.165, 1.54) is 61.1 Å². The third-order valence-electron chi connectivity index (χ3n) is 4.78. The van der Waals surface area contributed by atoms with Gasteiger partial charge in [0.15, 0.2) is 0 Å². The molecule has 0 saturated carbocycles. The van der Waals surface area contributed by atoms with E-state index in [9.17, 15) is 0 Å². The van der Waals surface area contributed by atoms with Crippen molar-refractivity contribution in [3.63, 3.8) is 0 Å². The van der Waals surface area contributed by atoms with E-state index >= 15 is 0 Å². The molecule has 0 atom stereocenters. The minimum Gasteiger partial charge on any atom is -0.394 e.